The Morgan fingerprint density at radius 2 is 1.53 bits per heavy atom. The van der Waals surface area contributed by atoms with Gasteiger partial charge in [-0.25, -0.2) is 14.2 Å². The first-order valence-electron chi connectivity index (χ1n) is 21.2. The van der Waals surface area contributed by atoms with Crippen molar-refractivity contribution in [1.82, 2.24) is 41.0 Å². The number of amides is 7. The largest absolute Gasteiger partial charge is 0.458 e. The summed E-state index contributed by atoms with van der Waals surface area (Å²) in [5.74, 6) is -6.11. The number of benzene rings is 2. The number of aryl methyl sites for hydroxylation is 2. The third kappa shape index (κ3) is 9.44. The fourth-order valence-corrected chi connectivity index (χ4v) is 8.30. The molecule has 66 heavy (non-hydrogen) atoms. The highest BCUT2D eigenvalue weighted by atomic mass is 19.1. The highest BCUT2D eigenvalue weighted by molar-refractivity contribution is 6.14. The average molecular weight is 907 g/mol. The molecule has 0 radical (unpaired) electrons. The highest BCUT2D eigenvalue weighted by Crippen LogP contribution is 2.41. The summed E-state index contributed by atoms with van der Waals surface area (Å²) in [6.45, 7) is 3.08. The van der Waals surface area contributed by atoms with Gasteiger partial charge < -0.3 is 41.0 Å². The maximum absolute atomic E-state index is 15.5. The lowest BCUT2D eigenvalue weighted by Crippen LogP contribution is -2.52. The molecule has 2 aromatic heterocycles. The van der Waals surface area contributed by atoms with Gasteiger partial charge in [0.1, 0.15) is 25.0 Å². The Morgan fingerprint density at radius 1 is 0.864 bits per heavy atom. The number of cyclic esters (lactones) is 1. The maximum Gasteiger partial charge on any atom is 0.343 e. The summed E-state index contributed by atoms with van der Waals surface area (Å²) >= 11 is 0. The average Bonchev–Trinajstić information content (AvgIpc) is 3.83. The summed E-state index contributed by atoms with van der Waals surface area (Å²) in [6, 6.07) is 10.6. The zero-order chi connectivity index (χ0) is 47.4. The zero-order valence-corrected chi connectivity index (χ0v) is 36.3. The molecular formula is C46H47FN8O11. The maximum atomic E-state index is 15.5. The Morgan fingerprint density at radius 3 is 2.24 bits per heavy atom. The van der Waals surface area contributed by atoms with Gasteiger partial charge in [0.25, 0.3) is 17.4 Å². The van der Waals surface area contributed by atoms with E-state index in [1.54, 1.807) is 50.2 Å². The molecule has 0 fully saturated rings. The predicted octanol–water partition coefficient (Wildman–Crippen LogP) is -0.115. The second-order valence-electron chi connectivity index (χ2n) is 16.2. The van der Waals surface area contributed by atoms with Gasteiger partial charge in [-0.05, 0) is 61.4 Å². The molecule has 0 aliphatic carbocycles. The van der Waals surface area contributed by atoms with Crippen molar-refractivity contribution in [1.29, 1.82) is 0 Å². The SMILES string of the molecule is CC[C@@]1(O)C(=O)OCc2c1cc1n(c2=O)Cc2c-1nc1cc(F)c(C)c(CCCNC(=O)CNC(=O)[C@H](Cc3ccccc3)NC(=O)CNC(=O)CNC(=O)CN3C(=O)C=CC3=O)c1c2C. The predicted molar refractivity (Wildman–Crippen MR) is 232 cm³/mol. The van der Waals surface area contributed by atoms with E-state index < -0.39 is 96.5 Å². The van der Waals surface area contributed by atoms with Gasteiger partial charge in [-0.15, -0.1) is 0 Å². The van der Waals surface area contributed by atoms with Crippen LogP contribution in [0.3, 0.4) is 0 Å². The molecule has 344 valence electrons. The quantitative estimate of drug-likeness (QED) is 0.0406. The molecule has 3 aliphatic heterocycles. The molecule has 19 nitrogen and oxygen atoms in total. The monoisotopic (exact) mass is 906 g/mol. The minimum Gasteiger partial charge on any atom is -0.458 e. The second kappa shape index (κ2) is 19.2. The molecule has 0 saturated carbocycles. The third-order valence-corrected chi connectivity index (χ3v) is 12.0. The van der Waals surface area contributed by atoms with E-state index in [-0.39, 0.29) is 43.7 Å². The van der Waals surface area contributed by atoms with Crippen LogP contribution in [0.2, 0.25) is 0 Å². The number of fused-ring (bicyclic) bond motifs is 5. The number of halogens is 1. The van der Waals surface area contributed by atoms with E-state index in [2.05, 4.69) is 26.6 Å². The van der Waals surface area contributed by atoms with Crippen LogP contribution in [0.25, 0.3) is 22.3 Å². The zero-order valence-electron chi connectivity index (χ0n) is 36.3. The topological polar surface area (TPSA) is 264 Å². The lowest BCUT2D eigenvalue weighted by Gasteiger charge is -2.31. The number of hydrogen-bond donors (Lipinski definition) is 6. The van der Waals surface area contributed by atoms with Crippen molar-refractivity contribution < 1.29 is 52.6 Å². The molecule has 0 saturated heterocycles. The van der Waals surface area contributed by atoms with Gasteiger partial charge in [-0.3, -0.25) is 43.3 Å². The van der Waals surface area contributed by atoms with Crippen LogP contribution in [0.4, 0.5) is 4.39 Å². The first-order chi connectivity index (χ1) is 31.5. The minimum atomic E-state index is -1.99. The lowest BCUT2D eigenvalue weighted by atomic mass is 9.86. The summed E-state index contributed by atoms with van der Waals surface area (Å²) < 4.78 is 22.2. The summed E-state index contributed by atoms with van der Waals surface area (Å²) in [6.07, 6.45) is 2.79. The fourth-order valence-electron chi connectivity index (χ4n) is 8.30. The van der Waals surface area contributed by atoms with E-state index >= 15 is 4.39 Å². The van der Waals surface area contributed by atoms with E-state index in [0.29, 0.717) is 56.7 Å². The molecule has 0 unspecified atom stereocenters. The van der Waals surface area contributed by atoms with Gasteiger partial charge >= 0.3 is 5.97 Å². The Balaban J connectivity index is 0.937. The number of nitrogens with zero attached hydrogens (tertiary/aromatic N) is 3. The second-order valence-corrected chi connectivity index (χ2v) is 16.2. The van der Waals surface area contributed by atoms with E-state index in [4.69, 9.17) is 9.72 Å². The van der Waals surface area contributed by atoms with Gasteiger partial charge in [0.2, 0.25) is 29.5 Å². The van der Waals surface area contributed by atoms with Gasteiger partial charge in [0.05, 0.1) is 48.6 Å². The van der Waals surface area contributed by atoms with Crippen LogP contribution in [0, 0.1) is 19.7 Å². The number of carbonyl (C=O) groups excluding carboxylic acids is 8. The molecule has 6 N–H and O–H groups in total. The van der Waals surface area contributed by atoms with Crippen LogP contribution >= 0.6 is 0 Å². The van der Waals surface area contributed by atoms with Crippen LogP contribution < -0.4 is 32.1 Å². The number of rotatable bonds is 17. The number of esters is 1. The van der Waals surface area contributed by atoms with Gasteiger partial charge in [-0.1, -0.05) is 37.3 Å². The molecule has 5 heterocycles. The van der Waals surface area contributed by atoms with Gasteiger partial charge in [0, 0.05) is 47.7 Å². The first-order valence-corrected chi connectivity index (χ1v) is 21.2. The Kier molecular flexibility index (Phi) is 13.5. The number of nitrogens with one attached hydrogen (secondary N) is 5. The van der Waals surface area contributed by atoms with Crippen molar-refractivity contribution in [3.05, 3.63) is 110 Å². The normalized spacial score (nSPS) is 16.3. The Labute approximate surface area is 376 Å². The molecule has 7 amide bonds. The molecule has 0 bridgehead atoms. The number of ether oxygens (including phenoxy) is 1. The number of imide groups is 1. The molecular weight excluding hydrogens is 860 g/mol. The Hall–Kier alpha value is -7.61. The molecule has 2 aromatic carbocycles. The van der Waals surface area contributed by atoms with E-state index in [0.717, 1.165) is 23.3 Å². The highest BCUT2D eigenvalue weighted by Gasteiger charge is 2.45. The van der Waals surface area contributed by atoms with Crippen molar-refractivity contribution in [2.45, 2.75) is 71.2 Å². The number of aliphatic hydroxyl groups is 1. The van der Waals surface area contributed by atoms with Crippen LogP contribution in [0.5, 0.6) is 0 Å². The Bertz CT molecular complexity index is 2790. The molecule has 0 spiro atoms. The van der Waals surface area contributed by atoms with Crippen molar-refractivity contribution >= 4 is 58.2 Å². The molecule has 3 aliphatic rings. The summed E-state index contributed by atoms with van der Waals surface area (Å²) in [5.41, 5.74) is 2.47. The molecule has 4 aromatic rings. The van der Waals surface area contributed by atoms with Crippen molar-refractivity contribution in [2.75, 3.05) is 32.7 Å². The van der Waals surface area contributed by atoms with E-state index in [9.17, 15) is 48.3 Å². The van der Waals surface area contributed by atoms with Gasteiger partial charge in [-0.2, -0.15) is 0 Å². The van der Waals surface area contributed by atoms with Crippen molar-refractivity contribution in [3.63, 3.8) is 0 Å². The molecule has 20 heteroatoms. The van der Waals surface area contributed by atoms with Crippen LogP contribution in [0.1, 0.15) is 58.7 Å². The van der Waals surface area contributed by atoms with Crippen molar-refractivity contribution in [3.8, 4) is 11.4 Å². The van der Waals surface area contributed by atoms with Crippen LogP contribution in [-0.4, -0.2) is 106 Å². The summed E-state index contributed by atoms with van der Waals surface area (Å²) in [4.78, 5) is 119. The standard InChI is InChI=1S/C46H47FN8O11/c1-4-46(65)30-16-34-42-28(21-54(34)44(63)29(30)23-66-45(46)64)25(3)41-27(24(2)31(47)17-32(41)53-42)11-8-14-48-35(56)19-51-43(62)33(15-26-9-6-5-7-10-26)52-37(58)20-49-36(57)18-50-38(59)22-55-39(60)12-13-40(55)61/h5-7,9-10,12-13,16-17,33,65H,4,8,11,14-15,18-23H2,1-3H3,(H,48,56)(H,49,57)(H,50,59)(H,51,62)(H,52,58)/t33-,46-/m0/s1. The lowest BCUT2D eigenvalue weighted by molar-refractivity contribution is -0.172. The third-order valence-electron chi connectivity index (χ3n) is 12.0. The van der Waals surface area contributed by atoms with E-state index in [1.165, 1.54) is 10.6 Å². The summed E-state index contributed by atoms with van der Waals surface area (Å²) in [5, 5.41) is 24.4. The minimum absolute atomic E-state index is 0.00878. The number of pyridine rings is 2. The van der Waals surface area contributed by atoms with Crippen molar-refractivity contribution in [2.24, 2.45) is 0 Å². The molecule has 7 rings (SSSR count). The number of aromatic nitrogens is 2. The first kappa shape index (κ1) is 46.4. The van der Waals surface area contributed by atoms with E-state index in [1.807, 2.05) is 6.92 Å². The summed E-state index contributed by atoms with van der Waals surface area (Å²) in [7, 11) is 0. The van der Waals surface area contributed by atoms with Crippen LogP contribution in [-0.2, 0) is 74.7 Å². The molecule has 2 atom stereocenters. The number of hydrogen-bond acceptors (Lipinski definition) is 12. The van der Waals surface area contributed by atoms with Crippen LogP contribution in [0.15, 0.2) is 59.4 Å². The smallest absolute Gasteiger partial charge is 0.343 e. The van der Waals surface area contributed by atoms with Gasteiger partial charge in [0.15, 0.2) is 5.60 Å². The fraction of sp³-hybridized carbons (Fsp3) is 0.348. The number of carbonyl (C=O) groups is 8.